The number of hydrogen-bond acceptors (Lipinski definition) is 7. The van der Waals surface area contributed by atoms with Gasteiger partial charge in [0.15, 0.2) is 0 Å². The number of unbranched alkanes of at least 4 members (excludes halogenated alkanes) is 18. The molecule has 0 unspecified atom stereocenters. The highest BCUT2D eigenvalue weighted by molar-refractivity contribution is 7.30. The molecular formula is C98H112S7. The van der Waals surface area contributed by atoms with Crippen LogP contribution in [0.3, 0.4) is 0 Å². The second kappa shape index (κ2) is 35.6. The predicted octanol–water partition coefficient (Wildman–Crippen LogP) is 32.5. The Labute approximate surface area is 659 Å². The lowest BCUT2D eigenvalue weighted by molar-refractivity contribution is 0.666. The van der Waals surface area contributed by atoms with Crippen molar-refractivity contribution >= 4 is 79.4 Å². The Kier molecular flexibility index (Phi) is 25.7. The number of hydrogen-bond donors (Lipinski definition) is 0. The van der Waals surface area contributed by atoms with Gasteiger partial charge in [-0.05, 0) is 242 Å². The van der Waals surface area contributed by atoms with Crippen LogP contribution >= 0.6 is 79.4 Å². The highest BCUT2D eigenvalue weighted by Crippen LogP contribution is 2.66. The van der Waals surface area contributed by atoms with E-state index in [0.29, 0.717) is 0 Å². The fourth-order valence-electron chi connectivity index (χ4n) is 17.2. The third-order valence-electron chi connectivity index (χ3n) is 23.0. The molecule has 7 aromatic heterocycles. The van der Waals surface area contributed by atoms with Crippen molar-refractivity contribution in [1.82, 2.24) is 0 Å². The Morgan fingerprint density at radius 3 is 1.00 bits per heavy atom. The summed E-state index contributed by atoms with van der Waals surface area (Å²) in [5, 5.41) is 0. The van der Waals surface area contributed by atoms with Gasteiger partial charge < -0.3 is 0 Å². The topological polar surface area (TPSA) is 0 Å². The van der Waals surface area contributed by atoms with Gasteiger partial charge in [0.2, 0.25) is 0 Å². The van der Waals surface area contributed by atoms with Crippen molar-refractivity contribution in [1.29, 1.82) is 0 Å². The predicted molar refractivity (Wildman–Crippen MR) is 470 cm³/mol. The second-order valence-electron chi connectivity index (χ2n) is 30.7. The van der Waals surface area contributed by atoms with Crippen molar-refractivity contribution < 1.29 is 0 Å². The standard InChI is InChI=1S/C98H112S7/c1-9-15-21-27-33-69-39-47-73(48-40-69)97(74-49-41-70(42-50-74)34-28-22-16-10-2)83-63-81-84(62-80(83)94-85(97)61-67(7)99-94)98(75-51-43-71(44-52-75)35-29-23-17-11-3,76-53-45-72(46-54-76)36-30-24-18-12-4)86-66-93(104-95(81)86)89-59-60-90(103-89)96-82(88-58-56-78(102-88)38-32-26-20-14-6)65-92(105-96)91-64-79(68(8)100-91)87-57-55-77(101-87)37-31-25-19-13-5/h39-66H,9-38H2,1-8H3. The Hall–Kier alpha value is -6.00. The van der Waals surface area contributed by atoms with Crippen LogP contribution in [0.4, 0.5) is 0 Å². The first-order chi connectivity index (χ1) is 51.6. The second-order valence-corrected chi connectivity index (χ2v) is 38.7. The first-order valence-corrected chi connectivity index (χ1v) is 46.7. The van der Waals surface area contributed by atoms with E-state index in [0.717, 1.165) is 32.1 Å². The molecule has 7 heteroatoms. The molecule has 0 saturated heterocycles. The van der Waals surface area contributed by atoms with Crippen LogP contribution in [0.25, 0.3) is 71.0 Å². The molecule has 0 atom stereocenters. The minimum absolute atomic E-state index is 0.515. The van der Waals surface area contributed by atoms with Crippen molar-refractivity contribution in [2.24, 2.45) is 0 Å². The van der Waals surface area contributed by atoms with E-state index < -0.39 is 10.8 Å². The van der Waals surface area contributed by atoms with Crippen molar-refractivity contribution in [3.05, 3.63) is 256 Å². The largest absolute Gasteiger partial charge is 0.140 e. The molecule has 0 saturated carbocycles. The Balaban J connectivity index is 0.941. The first-order valence-electron chi connectivity index (χ1n) is 41.0. The molecule has 0 radical (unpaired) electrons. The van der Waals surface area contributed by atoms with Crippen LogP contribution in [0.2, 0.25) is 0 Å². The summed E-state index contributed by atoms with van der Waals surface area (Å²) in [6, 6.07) is 70.9. The smallest absolute Gasteiger partial charge is 0.0722 e. The van der Waals surface area contributed by atoms with Crippen LogP contribution in [0.1, 0.15) is 282 Å². The van der Waals surface area contributed by atoms with Gasteiger partial charge in [0.25, 0.3) is 0 Å². The molecule has 0 fully saturated rings. The van der Waals surface area contributed by atoms with E-state index in [9.17, 15) is 0 Å². The molecule has 2 aliphatic rings. The van der Waals surface area contributed by atoms with Gasteiger partial charge in [-0.3, -0.25) is 0 Å². The molecule has 0 spiro atoms. The van der Waals surface area contributed by atoms with Crippen molar-refractivity contribution in [3.8, 4) is 71.0 Å². The Morgan fingerprint density at radius 1 is 0.229 bits per heavy atom. The lowest BCUT2D eigenvalue weighted by atomic mass is 9.65. The molecule has 546 valence electrons. The number of fused-ring (bicyclic) bond motifs is 6. The van der Waals surface area contributed by atoms with E-state index in [-0.39, 0.29) is 0 Å². The van der Waals surface area contributed by atoms with E-state index >= 15 is 0 Å². The van der Waals surface area contributed by atoms with Crippen molar-refractivity contribution in [3.63, 3.8) is 0 Å². The molecule has 5 aromatic carbocycles. The maximum absolute atomic E-state index is 2.76. The van der Waals surface area contributed by atoms with Crippen molar-refractivity contribution in [2.75, 3.05) is 0 Å². The quantitative estimate of drug-likeness (QED) is 0.0337. The van der Waals surface area contributed by atoms with Gasteiger partial charge >= 0.3 is 0 Å². The maximum Gasteiger partial charge on any atom is 0.0722 e. The molecule has 12 aromatic rings. The van der Waals surface area contributed by atoms with Crippen LogP contribution in [-0.2, 0) is 49.4 Å². The maximum atomic E-state index is 2.76. The Morgan fingerprint density at radius 2 is 0.571 bits per heavy atom. The molecule has 0 N–H and O–H groups in total. The number of rotatable bonds is 39. The molecule has 0 amide bonds. The lowest BCUT2D eigenvalue weighted by Gasteiger charge is -2.35. The fourth-order valence-corrected chi connectivity index (χ4v) is 25.4. The number of thiophene rings is 7. The average molecular weight is 1510 g/mol. The van der Waals surface area contributed by atoms with Crippen LogP contribution in [0, 0.1) is 13.8 Å². The molecule has 105 heavy (non-hydrogen) atoms. The molecule has 0 bridgehead atoms. The molecule has 0 aliphatic heterocycles. The monoisotopic (exact) mass is 1510 g/mol. The van der Waals surface area contributed by atoms with E-state index in [4.69, 9.17) is 0 Å². The fraction of sp³-hybridized carbons (Fsp3) is 0.408. The Bertz CT molecular complexity index is 4650. The summed E-state index contributed by atoms with van der Waals surface area (Å²) in [5.41, 5.74) is 21.5. The van der Waals surface area contributed by atoms with Gasteiger partial charge in [-0.25, -0.2) is 0 Å². The molecule has 7 heterocycles. The normalized spacial score (nSPS) is 13.3. The highest BCUT2D eigenvalue weighted by Gasteiger charge is 2.53. The summed E-state index contributed by atoms with van der Waals surface area (Å²) in [5.74, 6) is 0. The van der Waals surface area contributed by atoms with Crippen LogP contribution < -0.4 is 0 Å². The van der Waals surface area contributed by atoms with Gasteiger partial charge in [0, 0.05) is 74.5 Å². The summed E-state index contributed by atoms with van der Waals surface area (Å²) >= 11 is 14.1. The van der Waals surface area contributed by atoms with Gasteiger partial charge in [-0.15, -0.1) is 79.4 Å². The molecule has 0 nitrogen and oxygen atoms in total. The summed E-state index contributed by atoms with van der Waals surface area (Å²) in [6.07, 6.45) is 37.5. The third-order valence-corrected chi connectivity index (χ3v) is 31.5. The minimum atomic E-state index is -0.577. The van der Waals surface area contributed by atoms with E-state index in [1.54, 1.807) is 0 Å². The van der Waals surface area contributed by atoms with Gasteiger partial charge in [0.1, 0.15) is 0 Å². The summed E-state index contributed by atoms with van der Waals surface area (Å²) in [7, 11) is 0. The zero-order valence-corrected chi connectivity index (χ0v) is 70.0. The summed E-state index contributed by atoms with van der Waals surface area (Å²) in [4.78, 5) is 19.7. The third kappa shape index (κ3) is 16.1. The number of aryl methyl sites for hydroxylation is 8. The molecule has 2 aliphatic carbocycles. The van der Waals surface area contributed by atoms with Crippen LogP contribution in [0.15, 0.2) is 170 Å². The van der Waals surface area contributed by atoms with Crippen LogP contribution in [-0.4, -0.2) is 0 Å². The summed E-state index contributed by atoms with van der Waals surface area (Å²) < 4.78 is 0. The van der Waals surface area contributed by atoms with Gasteiger partial charge in [-0.2, -0.15) is 0 Å². The number of benzene rings is 5. The first kappa shape index (κ1) is 75.8. The van der Waals surface area contributed by atoms with E-state index in [1.807, 2.05) is 68.0 Å². The SMILES string of the molecule is CCCCCCc1ccc(C2(c3ccc(CCCCCC)cc3)c3cc4c(cc3-c3sc(C)cc32)C(c2ccc(CCCCCC)cc2)(c2ccc(CCCCCC)cc2)c2cc(-c3ccc(-c5sc(-c6cc(-c7ccc(CCCCCC)s7)c(C)s6)cc5-c5ccc(CCCCCC)s5)s3)sc2-4)cc1. The van der Waals surface area contributed by atoms with E-state index in [1.165, 1.54) is 318 Å². The van der Waals surface area contributed by atoms with Crippen molar-refractivity contribution in [2.45, 2.75) is 259 Å². The average Bonchev–Trinajstić information content (AvgIpc) is 1.51. The zero-order chi connectivity index (χ0) is 72.3. The lowest BCUT2D eigenvalue weighted by Crippen LogP contribution is -2.30. The minimum Gasteiger partial charge on any atom is -0.140 e. The summed E-state index contributed by atoms with van der Waals surface area (Å²) in [6.45, 7) is 18.6. The zero-order valence-electron chi connectivity index (χ0n) is 64.2. The van der Waals surface area contributed by atoms with Crippen LogP contribution in [0.5, 0.6) is 0 Å². The molecule has 14 rings (SSSR count). The molecular weight excluding hydrogens is 1400 g/mol. The van der Waals surface area contributed by atoms with Gasteiger partial charge in [-0.1, -0.05) is 254 Å². The highest BCUT2D eigenvalue weighted by atomic mass is 32.1. The van der Waals surface area contributed by atoms with E-state index in [2.05, 4.69) is 237 Å². The van der Waals surface area contributed by atoms with Gasteiger partial charge in [0.05, 0.1) is 15.7 Å².